The Balaban J connectivity index is 1.46. The topological polar surface area (TPSA) is 80.3 Å². The molecule has 2 aliphatic heterocycles. The molecule has 1 aromatic rings. The van der Waals surface area contributed by atoms with Gasteiger partial charge in [-0.1, -0.05) is 13.0 Å². The molecule has 2 aliphatic rings. The highest BCUT2D eigenvalue weighted by atomic mass is 16.6. The van der Waals surface area contributed by atoms with Crippen LogP contribution in [0, 0.1) is 0 Å². The first-order valence-corrected chi connectivity index (χ1v) is 9.38. The van der Waals surface area contributed by atoms with Crippen molar-refractivity contribution in [3.05, 3.63) is 23.8 Å². The van der Waals surface area contributed by atoms with E-state index in [4.69, 9.17) is 14.2 Å². The minimum atomic E-state index is -0.277. The number of rotatable bonds is 7. The van der Waals surface area contributed by atoms with Gasteiger partial charge in [0.25, 0.3) is 0 Å². The summed E-state index contributed by atoms with van der Waals surface area (Å²) in [6.07, 6.45) is 1.35. The predicted octanol–water partition coefficient (Wildman–Crippen LogP) is 1.87. The van der Waals surface area contributed by atoms with Crippen LogP contribution >= 0.6 is 0 Å². The molecule has 0 aliphatic carbocycles. The fourth-order valence-electron chi connectivity index (χ4n) is 3.30. The highest BCUT2D eigenvalue weighted by Crippen LogP contribution is 2.28. The second kappa shape index (κ2) is 8.83. The number of nitrogens with zero attached hydrogens (tertiary/aromatic N) is 2. The van der Waals surface area contributed by atoms with E-state index < -0.39 is 0 Å². The van der Waals surface area contributed by atoms with E-state index in [1.807, 2.05) is 18.2 Å². The van der Waals surface area contributed by atoms with Gasteiger partial charge >= 0.3 is 12.1 Å². The lowest BCUT2D eigenvalue weighted by atomic mass is 10.1. The number of cyclic esters (lactones) is 1. The molecule has 1 aromatic carbocycles. The molecule has 148 valence electrons. The summed E-state index contributed by atoms with van der Waals surface area (Å²) in [6, 6.07) is 5.69. The fourth-order valence-corrected chi connectivity index (χ4v) is 3.30. The molecule has 0 unspecified atom stereocenters. The van der Waals surface area contributed by atoms with E-state index in [0.29, 0.717) is 51.6 Å². The molecule has 0 radical (unpaired) electrons. The molecule has 1 N–H and O–H groups in total. The van der Waals surface area contributed by atoms with Gasteiger partial charge in [0.15, 0.2) is 11.5 Å². The lowest BCUT2D eigenvalue weighted by Crippen LogP contribution is -2.56. The van der Waals surface area contributed by atoms with Crippen molar-refractivity contribution in [3.8, 4) is 11.5 Å². The van der Waals surface area contributed by atoms with Gasteiger partial charge < -0.3 is 24.4 Å². The van der Waals surface area contributed by atoms with Gasteiger partial charge in [0.05, 0.1) is 19.8 Å². The maximum absolute atomic E-state index is 12.4. The summed E-state index contributed by atoms with van der Waals surface area (Å²) in [4.78, 5) is 27.3. The van der Waals surface area contributed by atoms with Gasteiger partial charge in [0, 0.05) is 26.2 Å². The Morgan fingerprint density at radius 2 is 2.19 bits per heavy atom. The van der Waals surface area contributed by atoms with E-state index in [-0.39, 0.29) is 18.2 Å². The van der Waals surface area contributed by atoms with Crippen molar-refractivity contribution in [1.29, 1.82) is 0 Å². The molecule has 2 fully saturated rings. The van der Waals surface area contributed by atoms with Gasteiger partial charge in [-0.05, 0) is 30.5 Å². The molecule has 27 heavy (non-hydrogen) atoms. The van der Waals surface area contributed by atoms with Crippen LogP contribution in [0.15, 0.2) is 18.2 Å². The first kappa shape index (κ1) is 19.1. The van der Waals surface area contributed by atoms with Crippen molar-refractivity contribution in [3.63, 3.8) is 0 Å². The fraction of sp³-hybridized carbons (Fsp3) is 0.579. The minimum absolute atomic E-state index is 0.0306. The molecule has 0 aromatic heterocycles. The third-order valence-electron chi connectivity index (χ3n) is 4.78. The number of piperazine rings is 1. The number of fused-ring (bicyclic) bond motifs is 1. The predicted molar refractivity (Wildman–Crippen MR) is 99.3 cm³/mol. The first-order valence-electron chi connectivity index (χ1n) is 9.38. The summed E-state index contributed by atoms with van der Waals surface area (Å²) >= 11 is 0. The molecule has 3 amide bonds. The second-order valence-corrected chi connectivity index (χ2v) is 6.69. The molecular formula is C19H27N3O5. The Bertz CT molecular complexity index is 681. The van der Waals surface area contributed by atoms with Crippen LogP contribution in [-0.2, 0) is 11.2 Å². The molecule has 8 heteroatoms. The molecular weight excluding hydrogens is 350 g/mol. The number of carbonyl (C=O) groups is 2. The van der Waals surface area contributed by atoms with E-state index in [9.17, 15) is 9.59 Å². The molecule has 0 saturated carbocycles. The van der Waals surface area contributed by atoms with E-state index in [2.05, 4.69) is 12.2 Å². The second-order valence-electron chi connectivity index (χ2n) is 6.69. The molecule has 1 atom stereocenters. The maximum atomic E-state index is 12.4. The number of urea groups is 1. The monoisotopic (exact) mass is 377 g/mol. The van der Waals surface area contributed by atoms with Crippen molar-refractivity contribution in [2.75, 3.05) is 46.5 Å². The van der Waals surface area contributed by atoms with Gasteiger partial charge in [-0.25, -0.2) is 9.59 Å². The van der Waals surface area contributed by atoms with Crippen molar-refractivity contribution in [1.82, 2.24) is 15.1 Å². The Kier molecular flexibility index (Phi) is 6.26. The Labute approximate surface area is 159 Å². The van der Waals surface area contributed by atoms with Crippen molar-refractivity contribution in [2.45, 2.75) is 25.8 Å². The smallest absolute Gasteiger partial charge is 0.410 e. The minimum Gasteiger partial charge on any atom is -0.493 e. The summed E-state index contributed by atoms with van der Waals surface area (Å²) in [6.45, 7) is 5.14. The summed E-state index contributed by atoms with van der Waals surface area (Å²) in [5.74, 6) is 1.44. The van der Waals surface area contributed by atoms with Crippen molar-refractivity contribution < 1.29 is 23.8 Å². The quantitative estimate of drug-likeness (QED) is 0.785. The van der Waals surface area contributed by atoms with Crippen LogP contribution in [0.2, 0.25) is 0 Å². The lowest BCUT2D eigenvalue weighted by Gasteiger charge is -2.35. The third kappa shape index (κ3) is 4.56. The first-order chi connectivity index (χ1) is 13.1. The van der Waals surface area contributed by atoms with E-state index in [1.165, 1.54) is 0 Å². The van der Waals surface area contributed by atoms with Gasteiger partial charge in [-0.3, -0.25) is 4.90 Å². The molecule has 8 nitrogen and oxygen atoms in total. The Hall–Kier alpha value is -2.64. The van der Waals surface area contributed by atoms with Crippen molar-refractivity contribution in [2.24, 2.45) is 0 Å². The number of hydrogen-bond acceptors (Lipinski definition) is 5. The van der Waals surface area contributed by atoms with Crippen LogP contribution in [0.1, 0.15) is 18.9 Å². The van der Waals surface area contributed by atoms with E-state index >= 15 is 0 Å². The normalized spacial score (nSPS) is 18.7. The van der Waals surface area contributed by atoms with E-state index in [1.54, 1.807) is 16.9 Å². The summed E-state index contributed by atoms with van der Waals surface area (Å²) in [5, 5.41) is 2.95. The van der Waals surface area contributed by atoms with Gasteiger partial charge in [-0.2, -0.15) is 0 Å². The average molecular weight is 377 g/mol. The van der Waals surface area contributed by atoms with Gasteiger partial charge in [0.1, 0.15) is 6.61 Å². The Morgan fingerprint density at radius 3 is 2.96 bits per heavy atom. The standard InChI is InChI=1S/C19H27N3O5/c1-3-10-26-16-5-4-14(11-17(16)25-2)6-7-20-18(23)21-8-9-22-15(12-21)13-27-19(22)24/h4-5,11,15H,3,6-10,12-13H2,1-2H3,(H,20,23)/t15-/m0/s1. The highest BCUT2D eigenvalue weighted by molar-refractivity contribution is 5.75. The number of ether oxygens (including phenoxy) is 3. The van der Waals surface area contributed by atoms with Gasteiger partial charge in [0.2, 0.25) is 0 Å². The number of benzene rings is 1. The van der Waals surface area contributed by atoms with Crippen LogP contribution in [0.5, 0.6) is 11.5 Å². The number of carbonyl (C=O) groups excluding carboxylic acids is 2. The number of amides is 3. The zero-order chi connectivity index (χ0) is 19.2. The van der Waals surface area contributed by atoms with Crippen LogP contribution in [-0.4, -0.2) is 74.5 Å². The number of methoxy groups -OCH3 is 1. The largest absolute Gasteiger partial charge is 0.493 e. The molecule has 0 spiro atoms. The molecule has 0 bridgehead atoms. The van der Waals surface area contributed by atoms with Gasteiger partial charge in [-0.15, -0.1) is 0 Å². The number of nitrogens with one attached hydrogen (secondary N) is 1. The van der Waals surface area contributed by atoms with Crippen molar-refractivity contribution >= 4 is 12.1 Å². The van der Waals surface area contributed by atoms with E-state index in [0.717, 1.165) is 17.7 Å². The summed E-state index contributed by atoms with van der Waals surface area (Å²) in [7, 11) is 1.62. The maximum Gasteiger partial charge on any atom is 0.410 e. The zero-order valence-electron chi connectivity index (χ0n) is 15.9. The third-order valence-corrected chi connectivity index (χ3v) is 4.78. The summed E-state index contributed by atoms with van der Waals surface area (Å²) in [5.41, 5.74) is 1.07. The van der Waals surface area contributed by atoms with Crippen LogP contribution in [0.25, 0.3) is 0 Å². The lowest BCUT2D eigenvalue weighted by molar-refractivity contribution is 0.127. The Morgan fingerprint density at radius 1 is 1.33 bits per heavy atom. The molecule has 2 saturated heterocycles. The molecule has 2 heterocycles. The number of hydrogen-bond donors (Lipinski definition) is 1. The average Bonchev–Trinajstić information content (AvgIpc) is 3.07. The zero-order valence-corrected chi connectivity index (χ0v) is 15.9. The van der Waals surface area contributed by atoms with Crippen LogP contribution in [0.4, 0.5) is 9.59 Å². The SMILES string of the molecule is CCCOc1ccc(CCNC(=O)N2CCN3C(=O)OC[C@@H]3C2)cc1OC. The summed E-state index contributed by atoms with van der Waals surface area (Å²) < 4.78 is 16.1. The van der Waals surface area contributed by atoms with Crippen LogP contribution in [0.3, 0.4) is 0 Å². The highest BCUT2D eigenvalue weighted by Gasteiger charge is 2.38. The van der Waals surface area contributed by atoms with Crippen LogP contribution < -0.4 is 14.8 Å². The molecule has 3 rings (SSSR count).